The predicted molar refractivity (Wildman–Crippen MR) is 179 cm³/mol. The molecular weight excluding hydrogens is 617 g/mol. The van der Waals surface area contributed by atoms with E-state index in [0.717, 1.165) is 37.9 Å². The Morgan fingerprint density at radius 2 is 1.96 bits per heavy atom. The van der Waals surface area contributed by atoms with Crippen LogP contribution in [0.5, 0.6) is 5.88 Å². The molecule has 2 fully saturated rings. The molecule has 6 rings (SSSR count). The van der Waals surface area contributed by atoms with Crippen LogP contribution in [0.4, 0.5) is 20.7 Å². The van der Waals surface area contributed by atoms with E-state index in [0.29, 0.717) is 65.9 Å². The second kappa shape index (κ2) is 14.0. The number of aryl methyl sites for hydroxylation is 1. The maximum Gasteiger partial charge on any atom is 0.410 e. The van der Waals surface area contributed by atoms with Crippen molar-refractivity contribution in [2.45, 2.75) is 78.2 Å². The molecule has 6 heterocycles. The van der Waals surface area contributed by atoms with Gasteiger partial charge in [0.2, 0.25) is 5.88 Å². The van der Waals surface area contributed by atoms with Gasteiger partial charge in [-0.2, -0.15) is 0 Å². The number of anilines is 2. The van der Waals surface area contributed by atoms with E-state index >= 15 is 0 Å². The molecule has 2 aliphatic heterocycles. The molecule has 1 N–H and O–H groups in total. The van der Waals surface area contributed by atoms with E-state index in [9.17, 15) is 9.18 Å². The average molecular weight is 662 g/mol. The maximum atomic E-state index is 14.6. The number of carbonyl (C=O) groups excluding carboxylic acids is 1. The molecule has 1 unspecified atom stereocenters. The van der Waals surface area contributed by atoms with Crippen molar-refractivity contribution in [3.05, 3.63) is 48.1 Å². The van der Waals surface area contributed by atoms with Gasteiger partial charge in [-0.25, -0.2) is 34.1 Å². The molecule has 13 nitrogen and oxygen atoms in total. The van der Waals surface area contributed by atoms with Crippen molar-refractivity contribution in [2.24, 2.45) is 0 Å². The normalized spacial score (nSPS) is 19.0. The van der Waals surface area contributed by atoms with E-state index in [2.05, 4.69) is 28.2 Å². The third-order valence-corrected chi connectivity index (χ3v) is 8.57. The smallest absolute Gasteiger partial charge is 0.410 e. The predicted octanol–water partition coefficient (Wildman–Crippen LogP) is 5.67. The standard InChI is InChI=1S/C34H44FN9O4/c1-21-19-43(33(45)48-34(3,4)5)13-12-42(21)11-10-23-15-25(30(36-17-23)41-24-16-26(35)32(46-6)37-18-24)28-29-31(40-22(2)39-28)44(20-38-29)27-9-7-8-14-47-27/h15-18,20-21,27H,7-14,19H2,1-6H3,(H,36,41)/t21-,27?/m0/s1. The molecule has 0 bridgehead atoms. The van der Waals surface area contributed by atoms with Crippen LogP contribution >= 0.6 is 0 Å². The first-order chi connectivity index (χ1) is 23.0. The first kappa shape index (κ1) is 33.5. The number of hydrogen-bond acceptors (Lipinski definition) is 11. The van der Waals surface area contributed by atoms with Gasteiger partial charge in [-0.3, -0.25) is 9.47 Å². The number of hydrogen-bond donors (Lipinski definition) is 1. The third kappa shape index (κ3) is 7.49. The second-order valence-electron chi connectivity index (χ2n) is 13.4. The van der Waals surface area contributed by atoms with Crippen molar-refractivity contribution in [1.29, 1.82) is 0 Å². The Morgan fingerprint density at radius 3 is 2.67 bits per heavy atom. The molecule has 0 spiro atoms. The summed E-state index contributed by atoms with van der Waals surface area (Å²) in [7, 11) is 1.37. The third-order valence-electron chi connectivity index (χ3n) is 8.57. The van der Waals surface area contributed by atoms with E-state index < -0.39 is 11.4 Å². The molecule has 2 aliphatic rings. The zero-order chi connectivity index (χ0) is 34.0. The summed E-state index contributed by atoms with van der Waals surface area (Å²) in [5.74, 6) is 0.384. The average Bonchev–Trinajstić information content (AvgIpc) is 3.48. The van der Waals surface area contributed by atoms with Crippen LogP contribution in [-0.4, -0.2) is 96.9 Å². The van der Waals surface area contributed by atoms with Gasteiger partial charge in [-0.1, -0.05) is 0 Å². The number of imidazole rings is 1. The summed E-state index contributed by atoms with van der Waals surface area (Å²) in [5, 5.41) is 3.24. The number of methoxy groups -OCH3 is 1. The highest BCUT2D eigenvalue weighted by molar-refractivity contribution is 5.92. The molecule has 0 saturated carbocycles. The number of halogens is 1. The van der Waals surface area contributed by atoms with E-state index in [4.69, 9.17) is 34.1 Å². The van der Waals surface area contributed by atoms with Gasteiger partial charge in [0.05, 0.1) is 25.3 Å². The topological polar surface area (TPSA) is 133 Å². The number of nitrogens with one attached hydrogen (secondary N) is 1. The largest absolute Gasteiger partial charge is 0.479 e. The van der Waals surface area contributed by atoms with Gasteiger partial charge < -0.3 is 24.4 Å². The number of pyridine rings is 2. The van der Waals surface area contributed by atoms with Crippen LogP contribution in [0, 0.1) is 12.7 Å². The lowest BCUT2D eigenvalue weighted by atomic mass is 10.1. The lowest BCUT2D eigenvalue weighted by molar-refractivity contribution is -0.0298. The zero-order valence-electron chi connectivity index (χ0n) is 28.5. The quantitative estimate of drug-likeness (QED) is 0.251. The summed E-state index contributed by atoms with van der Waals surface area (Å²) >= 11 is 0. The Kier molecular flexibility index (Phi) is 9.74. The van der Waals surface area contributed by atoms with Crippen molar-refractivity contribution in [2.75, 3.05) is 45.2 Å². The fourth-order valence-electron chi connectivity index (χ4n) is 6.16. The number of nitrogens with zero attached hydrogens (tertiary/aromatic N) is 8. The minimum Gasteiger partial charge on any atom is -0.479 e. The second-order valence-corrected chi connectivity index (χ2v) is 13.4. The monoisotopic (exact) mass is 661 g/mol. The fourth-order valence-corrected chi connectivity index (χ4v) is 6.16. The summed E-state index contributed by atoms with van der Waals surface area (Å²) in [5.41, 5.74) is 3.52. The van der Waals surface area contributed by atoms with E-state index in [1.165, 1.54) is 19.4 Å². The molecule has 2 atom stereocenters. The molecule has 48 heavy (non-hydrogen) atoms. The fraction of sp³-hybridized carbons (Fsp3) is 0.529. The van der Waals surface area contributed by atoms with Crippen LogP contribution in [0.3, 0.4) is 0 Å². The lowest BCUT2D eigenvalue weighted by Crippen LogP contribution is -2.54. The van der Waals surface area contributed by atoms with Crippen LogP contribution in [0.1, 0.15) is 64.6 Å². The molecule has 2 saturated heterocycles. The maximum absolute atomic E-state index is 14.6. The highest BCUT2D eigenvalue weighted by Gasteiger charge is 2.30. The van der Waals surface area contributed by atoms with Gasteiger partial charge in [-0.05, 0) is 71.9 Å². The van der Waals surface area contributed by atoms with Crippen molar-refractivity contribution < 1.29 is 23.4 Å². The summed E-state index contributed by atoms with van der Waals surface area (Å²) in [4.78, 5) is 40.1. The minimum absolute atomic E-state index is 0.0890. The van der Waals surface area contributed by atoms with Crippen LogP contribution in [-0.2, 0) is 15.9 Å². The molecule has 1 amide bonds. The van der Waals surface area contributed by atoms with Gasteiger partial charge in [0.25, 0.3) is 0 Å². The Balaban J connectivity index is 1.29. The molecule has 0 radical (unpaired) electrons. The van der Waals surface area contributed by atoms with Gasteiger partial charge in [0, 0.05) is 56.7 Å². The van der Waals surface area contributed by atoms with Crippen LogP contribution in [0.15, 0.2) is 30.9 Å². The van der Waals surface area contributed by atoms with E-state index in [-0.39, 0.29) is 24.2 Å². The number of ether oxygens (including phenoxy) is 3. The number of amides is 1. The number of fused-ring (bicyclic) bond motifs is 1. The minimum atomic E-state index is -0.590. The number of carbonyl (C=O) groups is 1. The molecule has 14 heteroatoms. The number of piperazine rings is 1. The van der Waals surface area contributed by atoms with Crippen LogP contribution < -0.4 is 10.1 Å². The van der Waals surface area contributed by atoms with Gasteiger partial charge in [0.15, 0.2) is 11.5 Å². The van der Waals surface area contributed by atoms with Gasteiger partial charge in [-0.15, -0.1) is 0 Å². The van der Waals surface area contributed by atoms with Crippen molar-refractivity contribution in [3.8, 4) is 17.1 Å². The van der Waals surface area contributed by atoms with Crippen molar-refractivity contribution in [1.82, 2.24) is 39.3 Å². The molecule has 4 aromatic rings. The zero-order valence-corrected chi connectivity index (χ0v) is 28.5. The van der Waals surface area contributed by atoms with Gasteiger partial charge >= 0.3 is 6.09 Å². The molecule has 0 aliphatic carbocycles. The van der Waals surface area contributed by atoms with Crippen molar-refractivity contribution in [3.63, 3.8) is 0 Å². The Hall–Kier alpha value is -4.43. The molecule has 0 aromatic carbocycles. The van der Waals surface area contributed by atoms with E-state index in [1.807, 2.05) is 38.5 Å². The summed E-state index contributed by atoms with van der Waals surface area (Å²) in [6.07, 6.45) is 8.37. The lowest BCUT2D eigenvalue weighted by Gasteiger charge is -2.40. The summed E-state index contributed by atoms with van der Waals surface area (Å²) in [6, 6.07) is 3.54. The Bertz CT molecular complexity index is 1770. The summed E-state index contributed by atoms with van der Waals surface area (Å²) in [6.45, 7) is 13.0. The number of aromatic nitrogens is 6. The highest BCUT2D eigenvalue weighted by atomic mass is 19.1. The first-order valence-corrected chi connectivity index (χ1v) is 16.5. The van der Waals surface area contributed by atoms with Gasteiger partial charge in [0.1, 0.15) is 34.7 Å². The SMILES string of the molecule is COc1ncc(Nc2ncc(CCN3CCN(C(=O)OC(C)(C)C)C[C@@H]3C)cc2-c2nc(C)nc3c2ncn3C2CCCCO2)cc1F. The van der Waals surface area contributed by atoms with Crippen LogP contribution in [0.25, 0.3) is 22.4 Å². The number of rotatable bonds is 8. The Labute approximate surface area is 279 Å². The van der Waals surface area contributed by atoms with Crippen LogP contribution in [0.2, 0.25) is 0 Å². The molecule has 256 valence electrons. The van der Waals surface area contributed by atoms with Crippen molar-refractivity contribution >= 4 is 28.8 Å². The molecule has 4 aromatic heterocycles. The summed E-state index contributed by atoms with van der Waals surface area (Å²) < 4.78 is 33.2. The van der Waals surface area contributed by atoms with E-state index in [1.54, 1.807) is 11.2 Å². The first-order valence-electron chi connectivity index (χ1n) is 16.5. The Morgan fingerprint density at radius 1 is 1.12 bits per heavy atom. The molecular formula is C34H44FN9O4. The highest BCUT2D eigenvalue weighted by Crippen LogP contribution is 2.35.